The third kappa shape index (κ3) is 2.11. The van der Waals surface area contributed by atoms with E-state index in [1.165, 1.54) is 16.0 Å². The first-order valence-electron chi connectivity index (χ1n) is 5.49. The summed E-state index contributed by atoms with van der Waals surface area (Å²) in [6.45, 7) is 6.61. The maximum Gasteiger partial charge on any atom is 0.0458 e. The van der Waals surface area contributed by atoms with E-state index in [0.29, 0.717) is 0 Å². The van der Waals surface area contributed by atoms with Crippen molar-refractivity contribution in [1.82, 2.24) is 4.90 Å². The van der Waals surface area contributed by atoms with Gasteiger partial charge in [0.2, 0.25) is 0 Å². The zero-order valence-electron chi connectivity index (χ0n) is 10.3. The SMILES string of the molecule is CSc1cc(Cl)c2c(c1)CN(C)CC2(C)C. The predicted octanol–water partition coefficient (Wildman–Crippen LogP) is 3.78. The Morgan fingerprint density at radius 3 is 2.69 bits per heavy atom. The number of hydrogen-bond acceptors (Lipinski definition) is 2. The highest BCUT2D eigenvalue weighted by Crippen LogP contribution is 2.39. The Bertz CT molecular complexity index is 415. The van der Waals surface area contributed by atoms with Gasteiger partial charge in [-0.1, -0.05) is 25.4 Å². The molecule has 3 heteroatoms. The first-order chi connectivity index (χ1) is 7.44. The van der Waals surface area contributed by atoms with E-state index in [2.05, 4.69) is 44.2 Å². The van der Waals surface area contributed by atoms with Gasteiger partial charge in [-0.2, -0.15) is 0 Å². The molecule has 0 saturated heterocycles. The summed E-state index contributed by atoms with van der Waals surface area (Å²) in [5, 5.41) is 0.931. The van der Waals surface area contributed by atoms with E-state index in [1.807, 2.05) is 0 Å². The largest absolute Gasteiger partial charge is 0.301 e. The molecule has 2 rings (SSSR count). The molecule has 0 bridgehead atoms. The molecule has 0 aliphatic carbocycles. The highest BCUT2D eigenvalue weighted by atomic mass is 35.5. The molecular formula is C13H18ClNS. The molecule has 0 spiro atoms. The monoisotopic (exact) mass is 255 g/mol. The van der Waals surface area contributed by atoms with Crippen LogP contribution in [-0.4, -0.2) is 24.7 Å². The van der Waals surface area contributed by atoms with Crippen molar-refractivity contribution in [2.75, 3.05) is 19.8 Å². The Morgan fingerprint density at radius 1 is 1.38 bits per heavy atom. The lowest BCUT2D eigenvalue weighted by Crippen LogP contribution is -2.40. The Morgan fingerprint density at radius 2 is 2.06 bits per heavy atom. The molecule has 0 fully saturated rings. The van der Waals surface area contributed by atoms with Gasteiger partial charge in [-0.15, -0.1) is 11.8 Å². The molecule has 1 aromatic rings. The standard InChI is InChI=1S/C13H18ClNS/c1-13(2)8-15(3)7-9-5-10(16-4)6-11(14)12(9)13/h5-6H,7-8H2,1-4H3. The van der Waals surface area contributed by atoms with Crippen molar-refractivity contribution in [1.29, 1.82) is 0 Å². The number of likely N-dealkylation sites (N-methyl/N-ethyl adjacent to an activating group) is 1. The molecule has 0 atom stereocenters. The van der Waals surface area contributed by atoms with Crippen LogP contribution in [0.5, 0.6) is 0 Å². The summed E-state index contributed by atoms with van der Waals surface area (Å²) < 4.78 is 0. The predicted molar refractivity (Wildman–Crippen MR) is 72.6 cm³/mol. The maximum absolute atomic E-state index is 6.43. The van der Waals surface area contributed by atoms with E-state index in [-0.39, 0.29) is 5.41 Å². The molecule has 0 amide bonds. The minimum atomic E-state index is 0.149. The molecule has 0 radical (unpaired) electrons. The summed E-state index contributed by atoms with van der Waals surface area (Å²) in [4.78, 5) is 3.62. The highest BCUT2D eigenvalue weighted by Gasteiger charge is 2.32. The van der Waals surface area contributed by atoms with Crippen molar-refractivity contribution in [2.45, 2.75) is 30.7 Å². The van der Waals surface area contributed by atoms with Crippen LogP contribution >= 0.6 is 23.4 Å². The van der Waals surface area contributed by atoms with Crippen LogP contribution in [0.15, 0.2) is 17.0 Å². The third-order valence-corrected chi connectivity index (χ3v) is 4.17. The van der Waals surface area contributed by atoms with Crippen molar-refractivity contribution in [3.05, 3.63) is 28.3 Å². The van der Waals surface area contributed by atoms with Crippen molar-refractivity contribution >= 4 is 23.4 Å². The van der Waals surface area contributed by atoms with Crippen molar-refractivity contribution in [2.24, 2.45) is 0 Å². The van der Waals surface area contributed by atoms with Gasteiger partial charge in [0, 0.05) is 28.4 Å². The van der Waals surface area contributed by atoms with E-state index < -0.39 is 0 Å². The maximum atomic E-state index is 6.43. The highest BCUT2D eigenvalue weighted by molar-refractivity contribution is 7.98. The van der Waals surface area contributed by atoms with Crippen LogP contribution in [0.1, 0.15) is 25.0 Å². The molecule has 0 saturated carbocycles. The molecule has 0 aromatic heterocycles. The van der Waals surface area contributed by atoms with Crippen molar-refractivity contribution in [3.8, 4) is 0 Å². The van der Waals surface area contributed by atoms with E-state index in [0.717, 1.165) is 18.1 Å². The fourth-order valence-corrected chi connectivity index (χ4v) is 3.79. The second-order valence-electron chi connectivity index (χ2n) is 5.20. The first-order valence-corrected chi connectivity index (χ1v) is 7.10. The molecule has 88 valence electrons. The third-order valence-electron chi connectivity index (χ3n) is 3.16. The van der Waals surface area contributed by atoms with Crippen LogP contribution in [0.4, 0.5) is 0 Å². The molecule has 1 nitrogen and oxygen atoms in total. The Kier molecular flexibility index (Phi) is 3.26. The summed E-state index contributed by atoms with van der Waals surface area (Å²) in [7, 11) is 2.17. The van der Waals surface area contributed by atoms with Gasteiger partial charge in [-0.05, 0) is 36.6 Å². The molecule has 0 N–H and O–H groups in total. The summed E-state index contributed by atoms with van der Waals surface area (Å²) in [6.07, 6.45) is 2.09. The normalized spacial score (nSPS) is 19.6. The van der Waals surface area contributed by atoms with E-state index in [1.54, 1.807) is 11.8 Å². The van der Waals surface area contributed by atoms with Gasteiger partial charge in [0.25, 0.3) is 0 Å². The lowest BCUT2D eigenvalue weighted by molar-refractivity contribution is 0.235. The molecule has 1 aliphatic heterocycles. The molecule has 1 heterocycles. The number of halogens is 1. The number of rotatable bonds is 1. The van der Waals surface area contributed by atoms with Crippen LogP contribution in [0.2, 0.25) is 5.02 Å². The lowest BCUT2D eigenvalue weighted by atomic mass is 9.78. The minimum Gasteiger partial charge on any atom is -0.301 e. The Balaban J connectivity index is 2.58. The first kappa shape index (κ1) is 12.3. The fourth-order valence-electron chi connectivity index (χ4n) is 2.74. The molecular weight excluding hydrogens is 238 g/mol. The van der Waals surface area contributed by atoms with Crippen LogP contribution in [-0.2, 0) is 12.0 Å². The number of benzene rings is 1. The van der Waals surface area contributed by atoms with Crippen molar-refractivity contribution < 1.29 is 0 Å². The van der Waals surface area contributed by atoms with Gasteiger partial charge in [-0.3, -0.25) is 0 Å². The molecule has 16 heavy (non-hydrogen) atoms. The summed E-state index contributed by atoms with van der Waals surface area (Å²) >= 11 is 8.18. The smallest absolute Gasteiger partial charge is 0.0458 e. The Labute approximate surface area is 107 Å². The van der Waals surface area contributed by atoms with Crippen LogP contribution in [0, 0.1) is 0 Å². The van der Waals surface area contributed by atoms with Crippen molar-refractivity contribution in [3.63, 3.8) is 0 Å². The molecule has 1 aromatic carbocycles. The summed E-state index contributed by atoms with van der Waals surface area (Å²) in [6, 6.07) is 4.38. The zero-order chi connectivity index (χ0) is 11.9. The zero-order valence-corrected chi connectivity index (χ0v) is 11.9. The Hall–Kier alpha value is -0.180. The number of hydrogen-bond donors (Lipinski definition) is 0. The average molecular weight is 256 g/mol. The second kappa shape index (κ2) is 4.25. The van der Waals surface area contributed by atoms with Crippen LogP contribution in [0.3, 0.4) is 0 Å². The average Bonchev–Trinajstić information content (AvgIpc) is 2.13. The van der Waals surface area contributed by atoms with Gasteiger partial charge in [0.15, 0.2) is 0 Å². The van der Waals surface area contributed by atoms with Gasteiger partial charge in [0.05, 0.1) is 0 Å². The van der Waals surface area contributed by atoms with Gasteiger partial charge < -0.3 is 4.90 Å². The van der Waals surface area contributed by atoms with Gasteiger partial charge in [-0.25, -0.2) is 0 Å². The van der Waals surface area contributed by atoms with E-state index in [4.69, 9.17) is 11.6 Å². The van der Waals surface area contributed by atoms with Crippen LogP contribution in [0.25, 0.3) is 0 Å². The van der Waals surface area contributed by atoms with E-state index >= 15 is 0 Å². The second-order valence-corrected chi connectivity index (χ2v) is 6.49. The quantitative estimate of drug-likeness (QED) is 0.703. The lowest BCUT2D eigenvalue weighted by Gasteiger charge is -2.39. The van der Waals surface area contributed by atoms with Gasteiger partial charge >= 0.3 is 0 Å². The minimum absolute atomic E-state index is 0.149. The van der Waals surface area contributed by atoms with E-state index in [9.17, 15) is 0 Å². The van der Waals surface area contributed by atoms with Gasteiger partial charge in [0.1, 0.15) is 0 Å². The molecule has 0 unspecified atom stereocenters. The fraction of sp³-hybridized carbons (Fsp3) is 0.538. The molecule has 1 aliphatic rings. The number of fused-ring (bicyclic) bond motifs is 1. The summed E-state index contributed by atoms with van der Waals surface area (Å²) in [5.41, 5.74) is 2.87. The van der Waals surface area contributed by atoms with Crippen LogP contribution < -0.4 is 0 Å². The summed E-state index contributed by atoms with van der Waals surface area (Å²) in [5.74, 6) is 0. The number of nitrogens with zero attached hydrogens (tertiary/aromatic N) is 1. The topological polar surface area (TPSA) is 3.24 Å². The number of thioether (sulfide) groups is 1.